The van der Waals surface area contributed by atoms with Gasteiger partial charge in [-0.05, 0) is 66.2 Å². The molecule has 0 radical (unpaired) electrons. The van der Waals surface area contributed by atoms with Gasteiger partial charge in [0.25, 0.3) is 0 Å². The Hall–Kier alpha value is -1.71. The Morgan fingerprint density at radius 2 is 1.07 bits per heavy atom. The lowest BCUT2D eigenvalue weighted by Gasteiger charge is -2.37. The third-order valence-corrected chi connectivity index (χ3v) is 4.46. The standard InChI is InChI=1S/C19H35N3O6/c1-4-26-16(23)19(17(24)27-5-2,18(25)28-6-3)22-14-8-12-20-10-7-11-21-13-9-15-22/h20-21H,4-15H2,1-3H3. The van der Waals surface area contributed by atoms with Gasteiger partial charge in [-0.15, -0.1) is 0 Å². The van der Waals surface area contributed by atoms with E-state index in [0.29, 0.717) is 39.0 Å². The molecule has 1 heterocycles. The lowest BCUT2D eigenvalue weighted by atomic mass is 9.95. The van der Waals surface area contributed by atoms with Gasteiger partial charge < -0.3 is 24.8 Å². The SMILES string of the molecule is CCOC(=O)C(C(=O)OCC)(C(=O)OCC)N1CCCNCCCNCCC1. The largest absolute Gasteiger partial charge is 0.464 e. The van der Waals surface area contributed by atoms with Gasteiger partial charge in [-0.25, -0.2) is 14.4 Å². The minimum absolute atomic E-state index is 0.0380. The average molecular weight is 402 g/mol. The van der Waals surface area contributed by atoms with Crippen LogP contribution in [-0.4, -0.2) is 87.4 Å². The lowest BCUT2D eigenvalue weighted by molar-refractivity contribution is -0.187. The predicted molar refractivity (Wildman–Crippen MR) is 104 cm³/mol. The van der Waals surface area contributed by atoms with E-state index in [-0.39, 0.29) is 19.8 Å². The van der Waals surface area contributed by atoms with Crippen molar-refractivity contribution in [2.45, 2.75) is 45.6 Å². The summed E-state index contributed by atoms with van der Waals surface area (Å²) >= 11 is 0. The molecule has 0 aromatic rings. The molecule has 9 nitrogen and oxygen atoms in total. The van der Waals surface area contributed by atoms with Crippen molar-refractivity contribution in [2.24, 2.45) is 0 Å². The number of nitrogens with one attached hydrogen (secondary N) is 2. The summed E-state index contributed by atoms with van der Waals surface area (Å²) in [6.07, 6.45) is 2.35. The molecule has 1 aliphatic rings. The van der Waals surface area contributed by atoms with E-state index in [9.17, 15) is 14.4 Å². The number of carbonyl (C=O) groups excluding carboxylic acids is 3. The fourth-order valence-corrected chi connectivity index (χ4v) is 3.17. The Morgan fingerprint density at radius 3 is 1.43 bits per heavy atom. The molecule has 162 valence electrons. The number of esters is 3. The van der Waals surface area contributed by atoms with Crippen LogP contribution < -0.4 is 10.6 Å². The zero-order chi connectivity index (χ0) is 20.8. The van der Waals surface area contributed by atoms with Crippen molar-refractivity contribution in [1.82, 2.24) is 15.5 Å². The van der Waals surface area contributed by atoms with Crippen LogP contribution in [0.25, 0.3) is 0 Å². The summed E-state index contributed by atoms with van der Waals surface area (Å²) < 4.78 is 15.5. The molecule has 1 fully saturated rings. The first-order valence-corrected chi connectivity index (χ1v) is 10.2. The second-order valence-electron chi connectivity index (χ2n) is 6.42. The molecule has 2 N–H and O–H groups in total. The molecule has 1 rings (SSSR count). The molecule has 28 heavy (non-hydrogen) atoms. The first-order chi connectivity index (χ1) is 13.5. The van der Waals surface area contributed by atoms with Crippen LogP contribution in [0.2, 0.25) is 0 Å². The molecule has 9 heteroatoms. The second kappa shape index (κ2) is 13.5. The van der Waals surface area contributed by atoms with Crippen molar-refractivity contribution in [3.8, 4) is 0 Å². The van der Waals surface area contributed by atoms with E-state index in [4.69, 9.17) is 14.2 Å². The summed E-state index contributed by atoms with van der Waals surface area (Å²) in [5.41, 5.74) is -2.24. The fraction of sp³-hybridized carbons (Fsp3) is 0.842. The minimum atomic E-state index is -2.24. The molecule has 0 atom stereocenters. The summed E-state index contributed by atoms with van der Waals surface area (Å²) in [5, 5.41) is 6.65. The van der Waals surface area contributed by atoms with Gasteiger partial charge in [0, 0.05) is 13.1 Å². The predicted octanol–water partition coefficient (Wildman–Crippen LogP) is 0.0796. The molecule has 0 aromatic heterocycles. The van der Waals surface area contributed by atoms with Crippen molar-refractivity contribution in [3.63, 3.8) is 0 Å². The highest BCUT2D eigenvalue weighted by atomic mass is 16.6. The molecule has 0 bridgehead atoms. The summed E-state index contributed by atoms with van der Waals surface area (Å²) in [6.45, 7) is 8.88. The van der Waals surface area contributed by atoms with E-state index in [2.05, 4.69) is 10.6 Å². The molecule has 1 saturated heterocycles. The first kappa shape index (κ1) is 24.3. The first-order valence-electron chi connectivity index (χ1n) is 10.2. The quantitative estimate of drug-likeness (QED) is 0.348. The van der Waals surface area contributed by atoms with Crippen LogP contribution in [0, 0.1) is 0 Å². The van der Waals surface area contributed by atoms with E-state index < -0.39 is 23.4 Å². The topological polar surface area (TPSA) is 106 Å². The maximum Gasteiger partial charge on any atom is 0.350 e. The Morgan fingerprint density at radius 1 is 0.714 bits per heavy atom. The van der Waals surface area contributed by atoms with Gasteiger partial charge in [0.1, 0.15) is 0 Å². The molecule has 0 aliphatic carbocycles. The zero-order valence-corrected chi connectivity index (χ0v) is 17.4. The Kier molecular flexibility index (Phi) is 11.7. The molecule has 1 aliphatic heterocycles. The lowest BCUT2D eigenvalue weighted by Crippen LogP contribution is -2.67. The van der Waals surface area contributed by atoms with Crippen molar-refractivity contribution >= 4 is 17.9 Å². The van der Waals surface area contributed by atoms with Crippen molar-refractivity contribution < 1.29 is 28.6 Å². The van der Waals surface area contributed by atoms with E-state index in [1.54, 1.807) is 25.7 Å². The summed E-state index contributed by atoms with van der Waals surface area (Å²) in [6, 6.07) is 0. The Bertz CT molecular complexity index is 443. The summed E-state index contributed by atoms with van der Waals surface area (Å²) in [7, 11) is 0. The second-order valence-corrected chi connectivity index (χ2v) is 6.42. The fourth-order valence-electron chi connectivity index (χ4n) is 3.17. The van der Waals surface area contributed by atoms with Gasteiger partial charge in [-0.2, -0.15) is 0 Å². The van der Waals surface area contributed by atoms with Crippen molar-refractivity contribution in [3.05, 3.63) is 0 Å². The zero-order valence-electron chi connectivity index (χ0n) is 17.4. The molecular weight excluding hydrogens is 366 g/mol. The normalized spacial score (nSPS) is 17.7. The molecule has 0 spiro atoms. The number of hydrogen-bond acceptors (Lipinski definition) is 9. The Labute approximate surface area is 167 Å². The summed E-state index contributed by atoms with van der Waals surface area (Å²) in [5.74, 6) is -2.83. The number of ether oxygens (including phenoxy) is 3. The maximum atomic E-state index is 13.0. The van der Waals surface area contributed by atoms with Gasteiger partial charge in [-0.1, -0.05) is 0 Å². The van der Waals surface area contributed by atoms with Crippen LogP contribution in [0.3, 0.4) is 0 Å². The monoisotopic (exact) mass is 401 g/mol. The van der Waals surface area contributed by atoms with E-state index in [0.717, 1.165) is 19.5 Å². The van der Waals surface area contributed by atoms with Crippen molar-refractivity contribution in [2.75, 3.05) is 59.1 Å². The minimum Gasteiger partial charge on any atom is -0.464 e. The van der Waals surface area contributed by atoms with Crippen LogP contribution in [0.5, 0.6) is 0 Å². The number of hydrogen-bond donors (Lipinski definition) is 2. The highest BCUT2D eigenvalue weighted by molar-refractivity contribution is 6.23. The molecule has 0 saturated carbocycles. The van der Waals surface area contributed by atoms with Crippen LogP contribution in [0.4, 0.5) is 0 Å². The van der Waals surface area contributed by atoms with E-state index in [1.165, 1.54) is 0 Å². The average Bonchev–Trinajstić information content (AvgIpc) is 2.64. The third-order valence-electron chi connectivity index (χ3n) is 4.46. The van der Waals surface area contributed by atoms with Crippen LogP contribution >= 0.6 is 0 Å². The van der Waals surface area contributed by atoms with Crippen LogP contribution in [0.1, 0.15) is 40.0 Å². The highest BCUT2D eigenvalue weighted by Crippen LogP contribution is 2.24. The molecule has 0 amide bonds. The van der Waals surface area contributed by atoms with Gasteiger partial charge in [0.2, 0.25) is 0 Å². The highest BCUT2D eigenvalue weighted by Gasteiger charge is 2.61. The number of rotatable bonds is 7. The molecular formula is C19H35N3O6. The van der Waals surface area contributed by atoms with E-state index >= 15 is 0 Å². The van der Waals surface area contributed by atoms with Crippen LogP contribution in [0.15, 0.2) is 0 Å². The number of nitrogens with zero attached hydrogens (tertiary/aromatic N) is 1. The van der Waals surface area contributed by atoms with Gasteiger partial charge in [-0.3, -0.25) is 4.90 Å². The van der Waals surface area contributed by atoms with Gasteiger partial charge in [0.05, 0.1) is 19.8 Å². The Balaban J connectivity index is 3.28. The maximum absolute atomic E-state index is 13.0. The number of carbonyl (C=O) groups is 3. The van der Waals surface area contributed by atoms with Gasteiger partial charge >= 0.3 is 23.4 Å². The van der Waals surface area contributed by atoms with Crippen molar-refractivity contribution in [1.29, 1.82) is 0 Å². The smallest absolute Gasteiger partial charge is 0.350 e. The summed E-state index contributed by atoms with van der Waals surface area (Å²) in [4.78, 5) is 40.5. The third kappa shape index (κ3) is 6.42. The molecule has 0 aromatic carbocycles. The molecule has 0 unspecified atom stereocenters. The van der Waals surface area contributed by atoms with E-state index in [1.807, 2.05) is 0 Å². The van der Waals surface area contributed by atoms with Gasteiger partial charge in [0.15, 0.2) is 0 Å². The van der Waals surface area contributed by atoms with Crippen LogP contribution in [-0.2, 0) is 28.6 Å².